The number of sulfonamides is 1. The summed E-state index contributed by atoms with van der Waals surface area (Å²) in [4.78, 5) is 4.50. The molecule has 1 aromatic carbocycles. The molecule has 0 heterocycles. The summed E-state index contributed by atoms with van der Waals surface area (Å²) in [5.74, 6) is 0.791. The summed E-state index contributed by atoms with van der Waals surface area (Å²) < 4.78 is 25.6. The van der Waals surface area contributed by atoms with Crippen molar-refractivity contribution >= 4 is 16.0 Å². The van der Waals surface area contributed by atoms with E-state index in [1.807, 2.05) is 0 Å². The van der Waals surface area contributed by atoms with Crippen LogP contribution in [-0.4, -0.2) is 34.5 Å². The van der Waals surface area contributed by atoms with Crippen LogP contribution in [0.2, 0.25) is 0 Å². The fraction of sp³-hybridized carbons (Fsp3) is 0.533. The van der Waals surface area contributed by atoms with E-state index < -0.39 is 10.0 Å². The van der Waals surface area contributed by atoms with E-state index in [9.17, 15) is 8.42 Å². The van der Waals surface area contributed by atoms with E-state index in [1.165, 1.54) is 32.7 Å². The lowest BCUT2D eigenvalue weighted by Crippen LogP contribution is -2.41. The lowest BCUT2D eigenvalue weighted by atomic mass is 10.2. The molecule has 7 heteroatoms. The second-order valence-electron chi connectivity index (χ2n) is 5.40. The molecule has 0 amide bonds. The van der Waals surface area contributed by atoms with Crippen LogP contribution in [0.1, 0.15) is 31.2 Å². The van der Waals surface area contributed by atoms with Gasteiger partial charge in [-0.2, -0.15) is 0 Å². The Balaban J connectivity index is 1.90. The number of nitrogens with one attached hydrogen (secondary N) is 3. The molecule has 22 heavy (non-hydrogen) atoms. The molecule has 6 nitrogen and oxygen atoms in total. The summed E-state index contributed by atoms with van der Waals surface area (Å²) >= 11 is 0. The van der Waals surface area contributed by atoms with Crippen LogP contribution in [0.4, 0.5) is 0 Å². The third-order valence-electron chi connectivity index (χ3n) is 3.88. The number of aliphatic imine (C=N–C) groups is 1. The number of rotatable bonds is 5. The van der Waals surface area contributed by atoms with Gasteiger partial charge in [0, 0.05) is 19.6 Å². The summed E-state index contributed by atoms with van der Waals surface area (Å²) in [6, 6.07) is 7.33. The second kappa shape index (κ2) is 7.60. The molecule has 0 atom stereocenters. The van der Waals surface area contributed by atoms with Crippen LogP contribution in [0, 0.1) is 0 Å². The van der Waals surface area contributed by atoms with Crippen LogP contribution in [0.15, 0.2) is 34.2 Å². The van der Waals surface area contributed by atoms with Gasteiger partial charge >= 0.3 is 0 Å². The average Bonchev–Trinajstić information content (AvgIpc) is 3.04. The quantitative estimate of drug-likeness (QED) is 0.561. The zero-order valence-electron chi connectivity index (χ0n) is 13.1. The minimum absolute atomic E-state index is 0.271. The van der Waals surface area contributed by atoms with Crippen molar-refractivity contribution in [2.24, 2.45) is 4.99 Å². The fourth-order valence-corrected chi connectivity index (χ4v) is 3.28. The Morgan fingerprint density at radius 1 is 1.23 bits per heavy atom. The first-order valence-corrected chi connectivity index (χ1v) is 9.03. The van der Waals surface area contributed by atoms with E-state index in [2.05, 4.69) is 20.3 Å². The summed E-state index contributed by atoms with van der Waals surface area (Å²) in [5.41, 5.74) is 1.00. The molecule has 0 bridgehead atoms. The molecule has 0 saturated heterocycles. The standard InChI is InChI=1S/C15H24N4O2S/c1-16-15(19-13-5-3-4-6-13)18-11-12-7-9-14(10-8-12)22(20,21)17-2/h7-10,13,17H,3-6,11H2,1-2H3,(H2,16,18,19). The highest BCUT2D eigenvalue weighted by Crippen LogP contribution is 2.17. The number of nitrogens with zero attached hydrogens (tertiary/aromatic N) is 1. The van der Waals surface area contributed by atoms with Gasteiger partial charge < -0.3 is 10.6 Å². The molecule has 0 aliphatic heterocycles. The summed E-state index contributed by atoms with van der Waals surface area (Å²) in [5, 5.41) is 6.67. The molecule has 0 unspecified atom stereocenters. The Morgan fingerprint density at radius 2 is 1.86 bits per heavy atom. The first kappa shape index (κ1) is 16.8. The molecular weight excluding hydrogens is 300 g/mol. The maximum atomic E-state index is 11.7. The van der Waals surface area contributed by atoms with Gasteiger partial charge in [0.25, 0.3) is 0 Å². The Kier molecular flexibility index (Phi) is 5.79. The number of guanidine groups is 1. The average molecular weight is 324 g/mol. The molecule has 0 spiro atoms. The zero-order chi connectivity index (χ0) is 16.0. The van der Waals surface area contributed by atoms with Crippen molar-refractivity contribution < 1.29 is 8.42 Å². The topological polar surface area (TPSA) is 82.6 Å². The van der Waals surface area contributed by atoms with Crippen molar-refractivity contribution in [2.75, 3.05) is 14.1 Å². The van der Waals surface area contributed by atoms with Gasteiger partial charge in [-0.3, -0.25) is 4.99 Å². The minimum atomic E-state index is -3.37. The van der Waals surface area contributed by atoms with Gasteiger partial charge in [-0.15, -0.1) is 0 Å². The summed E-state index contributed by atoms with van der Waals surface area (Å²) in [6.07, 6.45) is 4.93. The Hall–Kier alpha value is -1.60. The van der Waals surface area contributed by atoms with Gasteiger partial charge in [-0.1, -0.05) is 25.0 Å². The third-order valence-corrected chi connectivity index (χ3v) is 5.31. The van der Waals surface area contributed by atoms with E-state index in [0.29, 0.717) is 12.6 Å². The van der Waals surface area contributed by atoms with E-state index in [-0.39, 0.29) is 4.90 Å². The highest BCUT2D eigenvalue weighted by molar-refractivity contribution is 7.89. The lowest BCUT2D eigenvalue weighted by molar-refractivity contribution is 0.588. The number of benzene rings is 1. The first-order valence-electron chi connectivity index (χ1n) is 7.55. The summed E-state index contributed by atoms with van der Waals surface area (Å²) in [7, 11) is -0.210. The molecule has 0 radical (unpaired) electrons. The SMILES string of the molecule is CN=C(NCc1ccc(S(=O)(=O)NC)cc1)NC1CCCC1. The summed E-state index contributed by atoms with van der Waals surface area (Å²) in [6.45, 7) is 0.603. The molecule has 1 aliphatic carbocycles. The smallest absolute Gasteiger partial charge is 0.240 e. The van der Waals surface area contributed by atoms with Gasteiger partial charge in [-0.05, 0) is 37.6 Å². The molecule has 1 fully saturated rings. The molecule has 122 valence electrons. The van der Waals surface area contributed by atoms with Crippen LogP contribution < -0.4 is 15.4 Å². The van der Waals surface area contributed by atoms with Gasteiger partial charge in [-0.25, -0.2) is 13.1 Å². The van der Waals surface area contributed by atoms with E-state index in [0.717, 1.165) is 11.5 Å². The van der Waals surface area contributed by atoms with Crippen molar-refractivity contribution in [3.63, 3.8) is 0 Å². The maximum Gasteiger partial charge on any atom is 0.240 e. The second-order valence-corrected chi connectivity index (χ2v) is 7.29. The normalized spacial score (nSPS) is 16.7. The van der Waals surface area contributed by atoms with Crippen molar-refractivity contribution in [3.05, 3.63) is 29.8 Å². The zero-order valence-corrected chi connectivity index (χ0v) is 13.9. The fourth-order valence-electron chi connectivity index (χ4n) is 2.55. The molecule has 3 N–H and O–H groups in total. The minimum Gasteiger partial charge on any atom is -0.354 e. The Labute approximate surface area is 132 Å². The van der Waals surface area contributed by atoms with Gasteiger partial charge in [0.05, 0.1) is 4.90 Å². The third kappa shape index (κ3) is 4.45. The monoisotopic (exact) mass is 324 g/mol. The van der Waals surface area contributed by atoms with E-state index in [4.69, 9.17) is 0 Å². The Bertz CT molecular complexity index is 605. The van der Waals surface area contributed by atoms with E-state index >= 15 is 0 Å². The maximum absolute atomic E-state index is 11.7. The number of hydrogen-bond acceptors (Lipinski definition) is 3. The van der Waals surface area contributed by atoms with Crippen LogP contribution in [0.5, 0.6) is 0 Å². The van der Waals surface area contributed by atoms with Gasteiger partial charge in [0.2, 0.25) is 10.0 Å². The van der Waals surface area contributed by atoms with Gasteiger partial charge in [0.1, 0.15) is 0 Å². The molecule has 1 aliphatic rings. The highest BCUT2D eigenvalue weighted by Gasteiger charge is 2.16. The molecule has 2 rings (SSSR count). The van der Waals surface area contributed by atoms with Crippen molar-refractivity contribution in [2.45, 2.75) is 43.2 Å². The van der Waals surface area contributed by atoms with Crippen molar-refractivity contribution in [1.29, 1.82) is 0 Å². The van der Waals surface area contributed by atoms with E-state index in [1.54, 1.807) is 31.3 Å². The molecule has 0 aromatic heterocycles. The van der Waals surface area contributed by atoms with Crippen LogP contribution in [-0.2, 0) is 16.6 Å². The predicted molar refractivity (Wildman–Crippen MR) is 88.3 cm³/mol. The lowest BCUT2D eigenvalue weighted by Gasteiger charge is -2.17. The predicted octanol–water partition coefficient (Wildman–Crippen LogP) is 1.20. The van der Waals surface area contributed by atoms with Crippen LogP contribution in [0.25, 0.3) is 0 Å². The van der Waals surface area contributed by atoms with Crippen molar-refractivity contribution in [1.82, 2.24) is 15.4 Å². The van der Waals surface area contributed by atoms with Gasteiger partial charge in [0.15, 0.2) is 5.96 Å². The largest absolute Gasteiger partial charge is 0.354 e. The van der Waals surface area contributed by atoms with Crippen LogP contribution in [0.3, 0.4) is 0 Å². The Morgan fingerprint density at radius 3 is 2.41 bits per heavy atom. The first-order chi connectivity index (χ1) is 10.5. The number of hydrogen-bond donors (Lipinski definition) is 3. The highest BCUT2D eigenvalue weighted by atomic mass is 32.2. The molecule has 1 saturated carbocycles. The van der Waals surface area contributed by atoms with Crippen molar-refractivity contribution in [3.8, 4) is 0 Å². The molecular formula is C15H24N4O2S. The molecule has 1 aromatic rings. The van der Waals surface area contributed by atoms with Crippen LogP contribution >= 0.6 is 0 Å².